The third kappa shape index (κ3) is 3.93. The highest BCUT2D eigenvalue weighted by molar-refractivity contribution is 5.93. The van der Waals surface area contributed by atoms with Gasteiger partial charge in [-0.05, 0) is 20.8 Å². The van der Waals surface area contributed by atoms with E-state index < -0.39 is 0 Å². The fourth-order valence-corrected chi connectivity index (χ4v) is 2.42. The minimum atomic E-state index is -0.191. The van der Waals surface area contributed by atoms with Crippen molar-refractivity contribution >= 4 is 17.6 Å². The molecule has 1 aliphatic heterocycles. The molecule has 0 bridgehead atoms. The fraction of sp³-hybridized carbons (Fsp3) is 0.600. The maximum atomic E-state index is 12.1. The number of amides is 2. The van der Waals surface area contributed by atoms with Crippen molar-refractivity contribution in [3.63, 3.8) is 0 Å². The van der Waals surface area contributed by atoms with Crippen LogP contribution in [-0.2, 0) is 4.79 Å². The van der Waals surface area contributed by atoms with Gasteiger partial charge in [0.05, 0.1) is 0 Å². The van der Waals surface area contributed by atoms with Gasteiger partial charge >= 0.3 is 0 Å². The molecule has 0 unspecified atom stereocenters. The van der Waals surface area contributed by atoms with E-state index >= 15 is 0 Å². The molecule has 1 N–H and O–H groups in total. The molecule has 7 heteroatoms. The summed E-state index contributed by atoms with van der Waals surface area (Å²) in [5.41, 5.74) is 0.380. The van der Waals surface area contributed by atoms with Crippen LogP contribution in [0.3, 0.4) is 0 Å². The Morgan fingerprint density at radius 2 is 1.82 bits per heavy atom. The molecule has 1 aliphatic rings. The third-order valence-electron chi connectivity index (χ3n) is 3.53. The van der Waals surface area contributed by atoms with E-state index in [9.17, 15) is 9.59 Å². The summed E-state index contributed by atoms with van der Waals surface area (Å²) in [5.74, 6) is 1.21. The molecule has 1 saturated heterocycles. The summed E-state index contributed by atoms with van der Waals surface area (Å²) in [6, 6.07) is 1.78. The first-order valence-corrected chi connectivity index (χ1v) is 7.54. The lowest BCUT2D eigenvalue weighted by atomic mass is 10.2. The summed E-state index contributed by atoms with van der Waals surface area (Å²) in [7, 11) is 0. The van der Waals surface area contributed by atoms with Crippen LogP contribution < -0.4 is 10.2 Å². The molecule has 0 aliphatic carbocycles. The zero-order chi connectivity index (χ0) is 16.3. The van der Waals surface area contributed by atoms with Crippen molar-refractivity contribution in [2.75, 3.05) is 31.1 Å². The average Bonchev–Trinajstić information content (AvgIpc) is 2.46. The Balaban J connectivity index is 2.13. The van der Waals surface area contributed by atoms with E-state index in [1.807, 2.05) is 18.7 Å². The number of carbonyl (C=O) groups excluding carboxylic acids is 2. The predicted molar refractivity (Wildman–Crippen MR) is 83.8 cm³/mol. The summed E-state index contributed by atoms with van der Waals surface area (Å²) in [6.45, 7) is 9.95. The van der Waals surface area contributed by atoms with E-state index in [1.54, 1.807) is 19.9 Å². The van der Waals surface area contributed by atoms with E-state index in [2.05, 4.69) is 20.2 Å². The minimum absolute atomic E-state index is 0.0605. The van der Waals surface area contributed by atoms with Gasteiger partial charge in [-0.15, -0.1) is 0 Å². The molecular formula is C15H23N5O2. The highest BCUT2D eigenvalue weighted by Gasteiger charge is 2.21. The molecule has 22 heavy (non-hydrogen) atoms. The van der Waals surface area contributed by atoms with Crippen molar-refractivity contribution in [3.8, 4) is 0 Å². The lowest BCUT2D eigenvalue weighted by Crippen LogP contribution is -2.48. The van der Waals surface area contributed by atoms with Crippen LogP contribution in [-0.4, -0.2) is 58.9 Å². The van der Waals surface area contributed by atoms with Crippen molar-refractivity contribution in [1.82, 2.24) is 20.2 Å². The van der Waals surface area contributed by atoms with E-state index in [4.69, 9.17) is 0 Å². The number of aromatic nitrogens is 2. The molecule has 0 saturated carbocycles. The first kappa shape index (κ1) is 16.2. The SMILES string of the molecule is CC(=O)N1CCN(c2cc(C(=O)NC(C)C)nc(C)n2)CC1. The Morgan fingerprint density at radius 3 is 2.36 bits per heavy atom. The van der Waals surface area contributed by atoms with E-state index in [1.165, 1.54) is 0 Å². The van der Waals surface area contributed by atoms with E-state index in [0.29, 0.717) is 37.7 Å². The molecule has 1 fully saturated rings. The molecule has 0 radical (unpaired) electrons. The van der Waals surface area contributed by atoms with Crippen molar-refractivity contribution < 1.29 is 9.59 Å². The molecular weight excluding hydrogens is 282 g/mol. The maximum absolute atomic E-state index is 12.1. The lowest BCUT2D eigenvalue weighted by Gasteiger charge is -2.35. The van der Waals surface area contributed by atoms with Gasteiger partial charge in [0, 0.05) is 45.2 Å². The number of nitrogens with one attached hydrogen (secondary N) is 1. The van der Waals surface area contributed by atoms with Gasteiger partial charge in [0.2, 0.25) is 5.91 Å². The van der Waals surface area contributed by atoms with Crippen molar-refractivity contribution in [3.05, 3.63) is 17.6 Å². The number of piperazine rings is 1. The van der Waals surface area contributed by atoms with Gasteiger partial charge in [0.1, 0.15) is 17.3 Å². The molecule has 7 nitrogen and oxygen atoms in total. The van der Waals surface area contributed by atoms with Gasteiger partial charge in [0.25, 0.3) is 5.91 Å². The van der Waals surface area contributed by atoms with Gasteiger partial charge in [0.15, 0.2) is 0 Å². The smallest absolute Gasteiger partial charge is 0.270 e. The van der Waals surface area contributed by atoms with Crippen LogP contribution in [0.2, 0.25) is 0 Å². The molecule has 120 valence electrons. The monoisotopic (exact) mass is 305 g/mol. The Kier molecular flexibility index (Phi) is 4.95. The Morgan fingerprint density at radius 1 is 1.18 bits per heavy atom. The molecule has 0 spiro atoms. The number of hydrogen-bond donors (Lipinski definition) is 1. The highest BCUT2D eigenvalue weighted by Crippen LogP contribution is 2.15. The van der Waals surface area contributed by atoms with Crippen LogP contribution in [0.5, 0.6) is 0 Å². The Labute approximate surface area is 130 Å². The lowest BCUT2D eigenvalue weighted by molar-refractivity contribution is -0.129. The van der Waals surface area contributed by atoms with Crippen LogP contribution >= 0.6 is 0 Å². The van der Waals surface area contributed by atoms with Crippen LogP contribution in [0.25, 0.3) is 0 Å². The number of carbonyl (C=O) groups is 2. The van der Waals surface area contributed by atoms with Crippen LogP contribution in [0.15, 0.2) is 6.07 Å². The number of anilines is 1. The molecule has 1 aromatic heterocycles. The molecule has 0 aromatic carbocycles. The number of aryl methyl sites for hydroxylation is 1. The average molecular weight is 305 g/mol. The second-order valence-corrected chi connectivity index (χ2v) is 5.78. The summed E-state index contributed by atoms with van der Waals surface area (Å²) >= 11 is 0. The van der Waals surface area contributed by atoms with E-state index in [-0.39, 0.29) is 17.9 Å². The van der Waals surface area contributed by atoms with Gasteiger partial charge in [-0.2, -0.15) is 0 Å². The quantitative estimate of drug-likeness (QED) is 0.884. The Bertz CT molecular complexity index is 565. The highest BCUT2D eigenvalue weighted by atomic mass is 16.2. The zero-order valence-corrected chi connectivity index (χ0v) is 13.6. The van der Waals surface area contributed by atoms with Gasteiger partial charge in [-0.3, -0.25) is 9.59 Å². The first-order valence-electron chi connectivity index (χ1n) is 7.54. The zero-order valence-electron chi connectivity index (χ0n) is 13.6. The van der Waals surface area contributed by atoms with Crippen molar-refractivity contribution in [2.45, 2.75) is 33.7 Å². The molecule has 0 atom stereocenters. The second kappa shape index (κ2) is 6.72. The van der Waals surface area contributed by atoms with Crippen LogP contribution in [0.4, 0.5) is 5.82 Å². The van der Waals surface area contributed by atoms with E-state index in [0.717, 1.165) is 5.82 Å². The third-order valence-corrected chi connectivity index (χ3v) is 3.53. The van der Waals surface area contributed by atoms with Gasteiger partial charge in [-0.1, -0.05) is 0 Å². The van der Waals surface area contributed by atoms with Crippen LogP contribution in [0.1, 0.15) is 37.1 Å². The summed E-state index contributed by atoms with van der Waals surface area (Å²) in [5, 5.41) is 2.84. The molecule has 1 aromatic rings. The number of rotatable bonds is 3. The minimum Gasteiger partial charge on any atom is -0.353 e. The predicted octanol–water partition coefficient (Wildman–Crippen LogP) is 0.592. The second-order valence-electron chi connectivity index (χ2n) is 5.78. The normalized spacial score (nSPS) is 15.1. The van der Waals surface area contributed by atoms with Crippen molar-refractivity contribution in [2.24, 2.45) is 0 Å². The molecule has 2 amide bonds. The standard InChI is InChI=1S/C15H23N5O2/c1-10(2)16-15(22)13-9-14(18-11(3)17-13)20-7-5-19(6-8-20)12(4)21/h9-10H,5-8H2,1-4H3,(H,16,22). The Hall–Kier alpha value is -2.18. The van der Waals surface area contributed by atoms with Gasteiger partial charge in [-0.25, -0.2) is 9.97 Å². The number of hydrogen-bond acceptors (Lipinski definition) is 5. The largest absolute Gasteiger partial charge is 0.353 e. The summed E-state index contributed by atoms with van der Waals surface area (Å²) < 4.78 is 0. The summed E-state index contributed by atoms with van der Waals surface area (Å²) in [6.07, 6.45) is 0. The maximum Gasteiger partial charge on any atom is 0.270 e. The van der Waals surface area contributed by atoms with Gasteiger partial charge < -0.3 is 15.1 Å². The number of nitrogens with zero attached hydrogens (tertiary/aromatic N) is 4. The van der Waals surface area contributed by atoms with Crippen LogP contribution in [0, 0.1) is 6.92 Å². The molecule has 2 rings (SSSR count). The fourth-order valence-electron chi connectivity index (χ4n) is 2.42. The topological polar surface area (TPSA) is 78.4 Å². The van der Waals surface area contributed by atoms with Crippen molar-refractivity contribution in [1.29, 1.82) is 0 Å². The first-order chi connectivity index (χ1) is 10.4. The molecule has 2 heterocycles. The summed E-state index contributed by atoms with van der Waals surface area (Å²) in [4.78, 5) is 36.0.